The van der Waals surface area contributed by atoms with Crippen LogP contribution in [0.1, 0.15) is 32.3 Å². The highest BCUT2D eigenvalue weighted by Gasteiger charge is 2.09. The molecule has 0 aromatic carbocycles. The second-order valence-corrected chi connectivity index (χ2v) is 4.57. The first kappa shape index (κ1) is 13.7. The van der Waals surface area contributed by atoms with Gasteiger partial charge in [-0.15, -0.1) is 0 Å². The van der Waals surface area contributed by atoms with Gasteiger partial charge in [0.15, 0.2) is 0 Å². The SMILES string of the molecule is CC(C)NCCCC(=O)N(C)Cc1cn[nH]c1. The maximum atomic E-state index is 11.8. The molecule has 17 heavy (non-hydrogen) atoms. The van der Waals surface area contributed by atoms with E-state index in [9.17, 15) is 4.79 Å². The lowest BCUT2D eigenvalue weighted by molar-refractivity contribution is -0.130. The van der Waals surface area contributed by atoms with E-state index in [4.69, 9.17) is 0 Å². The number of amides is 1. The lowest BCUT2D eigenvalue weighted by Crippen LogP contribution is -2.28. The van der Waals surface area contributed by atoms with Crippen LogP contribution in [0.5, 0.6) is 0 Å². The molecule has 0 radical (unpaired) electrons. The maximum Gasteiger partial charge on any atom is 0.222 e. The predicted octanol–water partition coefficient (Wildman–Crippen LogP) is 1.15. The molecule has 0 aliphatic heterocycles. The molecule has 1 amide bonds. The Morgan fingerprint density at radius 3 is 2.94 bits per heavy atom. The smallest absolute Gasteiger partial charge is 0.222 e. The van der Waals surface area contributed by atoms with Crippen LogP contribution in [0, 0.1) is 0 Å². The van der Waals surface area contributed by atoms with Crippen LogP contribution >= 0.6 is 0 Å². The number of aromatic nitrogens is 2. The summed E-state index contributed by atoms with van der Waals surface area (Å²) in [6, 6.07) is 0.480. The first-order chi connectivity index (χ1) is 8.09. The van der Waals surface area contributed by atoms with E-state index in [1.54, 1.807) is 11.1 Å². The molecule has 1 aromatic heterocycles. The number of carbonyl (C=O) groups excluding carboxylic acids is 1. The molecule has 96 valence electrons. The summed E-state index contributed by atoms with van der Waals surface area (Å²) < 4.78 is 0. The number of hydrogen-bond donors (Lipinski definition) is 2. The van der Waals surface area contributed by atoms with E-state index in [0.29, 0.717) is 19.0 Å². The van der Waals surface area contributed by atoms with Crippen molar-refractivity contribution in [3.63, 3.8) is 0 Å². The van der Waals surface area contributed by atoms with E-state index in [1.165, 1.54) is 0 Å². The first-order valence-corrected chi connectivity index (χ1v) is 6.04. The molecule has 1 aromatic rings. The van der Waals surface area contributed by atoms with Gasteiger partial charge in [-0.25, -0.2) is 0 Å². The molecule has 0 unspecified atom stereocenters. The van der Waals surface area contributed by atoms with Crippen LogP contribution in [0.25, 0.3) is 0 Å². The summed E-state index contributed by atoms with van der Waals surface area (Å²) in [5.74, 6) is 0.178. The minimum Gasteiger partial charge on any atom is -0.341 e. The van der Waals surface area contributed by atoms with E-state index in [2.05, 4.69) is 29.4 Å². The number of rotatable bonds is 7. The van der Waals surface area contributed by atoms with Crippen LogP contribution in [0.15, 0.2) is 12.4 Å². The van der Waals surface area contributed by atoms with Crippen molar-refractivity contribution in [3.8, 4) is 0 Å². The van der Waals surface area contributed by atoms with Crippen LogP contribution in [-0.4, -0.2) is 40.6 Å². The molecule has 0 saturated heterocycles. The second-order valence-electron chi connectivity index (χ2n) is 4.57. The summed E-state index contributed by atoms with van der Waals surface area (Å²) in [7, 11) is 1.82. The van der Waals surface area contributed by atoms with Crippen molar-refractivity contribution < 1.29 is 4.79 Å². The predicted molar refractivity (Wildman–Crippen MR) is 67.4 cm³/mol. The summed E-state index contributed by atoms with van der Waals surface area (Å²) in [4.78, 5) is 13.5. The van der Waals surface area contributed by atoms with Crippen molar-refractivity contribution in [1.29, 1.82) is 0 Å². The Hall–Kier alpha value is -1.36. The Morgan fingerprint density at radius 1 is 1.59 bits per heavy atom. The third kappa shape index (κ3) is 5.49. The van der Waals surface area contributed by atoms with Gasteiger partial charge < -0.3 is 10.2 Å². The van der Waals surface area contributed by atoms with Gasteiger partial charge in [-0.3, -0.25) is 9.89 Å². The fourth-order valence-electron chi connectivity index (χ4n) is 1.55. The Kier molecular flexibility index (Phi) is 5.69. The van der Waals surface area contributed by atoms with Crippen molar-refractivity contribution in [3.05, 3.63) is 18.0 Å². The number of aromatic amines is 1. The number of hydrogen-bond acceptors (Lipinski definition) is 3. The fraction of sp³-hybridized carbons (Fsp3) is 0.667. The molecule has 1 heterocycles. The number of H-pyrrole nitrogens is 1. The zero-order chi connectivity index (χ0) is 12.7. The fourth-order valence-corrected chi connectivity index (χ4v) is 1.55. The number of nitrogens with one attached hydrogen (secondary N) is 2. The van der Waals surface area contributed by atoms with E-state index < -0.39 is 0 Å². The van der Waals surface area contributed by atoms with Gasteiger partial charge in [0.05, 0.1) is 6.20 Å². The summed E-state index contributed by atoms with van der Waals surface area (Å²) in [6.07, 6.45) is 5.02. The monoisotopic (exact) mass is 238 g/mol. The van der Waals surface area contributed by atoms with E-state index in [0.717, 1.165) is 18.5 Å². The van der Waals surface area contributed by atoms with Crippen LogP contribution in [0.4, 0.5) is 0 Å². The van der Waals surface area contributed by atoms with E-state index in [-0.39, 0.29) is 5.91 Å². The Bertz CT molecular complexity index is 321. The third-order valence-electron chi connectivity index (χ3n) is 2.52. The molecule has 0 bridgehead atoms. The average molecular weight is 238 g/mol. The van der Waals surface area contributed by atoms with Gasteiger partial charge >= 0.3 is 0 Å². The van der Waals surface area contributed by atoms with E-state index >= 15 is 0 Å². The largest absolute Gasteiger partial charge is 0.341 e. The molecule has 2 N–H and O–H groups in total. The molecule has 5 nitrogen and oxygen atoms in total. The van der Waals surface area contributed by atoms with Crippen molar-refractivity contribution in [2.45, 2.75) is 39.3 Å². The Labute approximate surface area is 103 Å². The zero-order valence-corrected chi connectivity index (χ0v) is 10.9. The standard InChI is InChI=1S/C12H22N4O/c1-10(2)13-6-4-5-12(17)16(3)9-11-7-14-15-8-11/h7-8,10,13H,4-6,9H2,1-3H3,(H,14,15). The third-order valence-corrected chi connectivity index (χ3v) is 2.52. The molecule has 0 saturated carbocycles. The normalized spacial score (nSPS) is 10.8. The molecule has 0 aliphatic rings. The second kappa shape index (κ2) is 7.06. The quantitative estimate of drug-likeness (QED) is 0.700. The van der Waals surface area contributed by atoms with Crippen LogP contribution < -0.4 is 5.32 Å². The molecule has 0 aliphatic carbocycles. The van der Waals surface area contributed by atoms with Gasteiger partial charge in [0.25, 0.3) is 0 Å². The van der Waals surface area contributed by atoms with Gasteiger partial charge in [-0.05, 0) is 13.0 Å². The zero-order valence-electron chi connectivity index (χ0n) is 10.9. The molecular formula is C12H22N4O. The first-order valence-electron chi connectivity index (χ1n) is 6.04. The van der Waals surface area contributed by atoms with Gasteiger partial charge in [-0.2, -0.15) is 5.10 Å². The van der Waals surface area contributed by atoms with E-state index in [1.807, 2.05) is 13.2 Å². The topological polar surface area (TPSA) is 61.0 Å². The molecule has 0 fully saturated rings. The van der Waals surface area contributed by atoms with Gasteiger partial charge in [-0.1, -0.05) is 13.8 Å². The Morgan fingerprint density at radius 2 is 2.35 bits per heavy atom. The Balaban J connectivity index is 2.18. The summed E-state index contributed by atoms with van der Waals surface area (Å²) in [5, 5.41) is 9.90. The van der Waals surface area contributed by atoms with Gasteiger partial charge in [0.1, 0.15) is 0 Å². The highest BCUT2D eigenvalue weighted by atomic mass is 16.2. The number of nitrogens with zero attached hydrogens (tertiary/aromatic N) is 2. The average Bonchev–Trinajstić information content (AvgIpc) is 2.76. The van der Waals surface area contributed by atoms with Crippen molar-refractivity contribution >= 4 is 5.91 Å². The summed E-state index contributed by atoms with van der Waals surface area (Å²) in [6.45, 7) is 5.72. The summed E-state index contributed by atoms with van der Waals surface area (Å²) in [5.41, 5.74) is 1.03. The van der Waals surface area contributed by atoms with Crippen LogP contribution in [0.3, 0.4) is 0 Å². The van der Waals surface area contributed by atoms with Crippen molar-refractivity contribution in [2.24, 2.45) is 0 Å². The van der Waals surface area contributed by atoms with Crippen molar-refractivity contribution in [2.75, 3.05) is 13.6 Å². The minimum atomic E-state index is 0.178. The molecule has 5 heteroatoms. The molecule has 1 rings (SSSR count). The maximum absolute atomic E-state index is 11.8. The van der Waals surface area contributed by atoms with Crippen molar-refractivity contribution in [1.82, 2.24) is 20.4 Å². The van der Waals surface area contributed by atoms with Crippen LogP contribution in [-0.2, 0) is 11.3 Å². The highest BCUT2D eigenvalue weighted by Crippen LogP contribution is 2.02. The molecule has 0 atom stereocenters. The number of carbonyl (C=O) groups is 1. The lowest BCUT2D eigenvalue weighted by Gasteiger charge is -2.16. The molecular weight excluding hydrogens is 216 g/mol. The minimum absolute atomic E-state index is 0.178. The van der Waals surface area contributed by atoms with Crippen LogP contribution in [0.2, 0.25) is 0 Å². The van der Waals surface area contributed by atoms with Gasteiger partial charge in [0.2, 0.25) is 5.91 Å². The van der Waals surface area contributed by atoms with Gasteiger partial charge in [0, 0.05) is 37.8 Å². The lowest BCUT2D eigenvalue weighted by atomic mass is 10.2. The highest BCUT2D eigenvalue weighted by molar-refractivity contribution is 5.75. The molecule has 0 spiro atoms. The summed E-state index contributed by atoms with van der Waals surface area (Å²) >= 11 is 0.